The average Bonchev–Trinajstić information content (AvgIpc) is 2.61. The van der Waals surface area contributed by atoms with Crippen LogP contribution in [0.4, 0.5) is 0 Å². The summed E-state index contributed by atoms with van der Waals surface area (Å²) in [5, 5.41) is 10.4. The Morgan fingerprint density at radius 2 is 1.92 bits per heavy atom. The van der Waals surface area contributed by atoms with Crippen molar-refractivity contribution in [3.05, 3.63) is 74.7 Å². The largest absolute Gasteiger partial charge is 0.330 e. The zero-order chi connectivity index (χ0) is 17.3. The van der Waals surface area contributed by atoms with Crippen molar-refractivity contribution >= 4 is 22.6 Å². The summed E-state index contributed by atoms with van der Waals surface area (Å²) >= 11 is 0. The Balaban J connectivity index is 2.18. The van der Waals surface area contributed by atoms with Crippen molar-refractivity contribution in [1.29, 1.82) is 5.26 Å². The number of nitriles is 1. The van der Waals surface area contributed by atoms with Gasteiger partial charge in [-0.3, -0.25) is 9.36 Å². The van der Waals surface area contributed by atoms with Crippen LogP contribution in [-0.2, 0) is 14.1 Å². The summed E-state index contributed by atoms with van der Waals surface area (Å²) < 4.78 is 2.31. The van der Waals surface area contributed by atoms with Crippen LogP contribution in [-0.4, -0.2) is 14.1 Å². The molecule has 0 amide bonds. The third kappa shape index (κ3) is 2.63. The minimum Gasteiger partial charge on any atom is -0.303 e. The fourth-order valence-electron chi connectivity index (χ4n) is 2.47. The highest BCUT2D eigenvalue weighted by molar-refractivity contribution is 5.90. The number of pyridine rings is 1. The highest BCUT2D eigenvalue weighted by Crippen LogP contribution is 2.18. The molecule has 0 radical (unpaired) electrons. The molecule has 0 fully saturated rings. The SMILES string of the molecule is Cn1cc(C=C(C#N)c2ccc3ccccc3n2)c(=O)n(C)c1=O. The fourth-order valence-corrected chi connectivity index (χ4v) is 2.47. The van der Waals surface area contributed by atoms with Gasteiger partial charge in [0.1, 0.15) is 6.07 Å². The van der Waals surface area contributed by atoms with Crippen LogP contribution in [0.2, 0.25) is 0 Å². The third-order valence-electron chi connectivity index (χ3n) is 3.77. The van der Waals surface area contributed by atoms with Gasteiger partial charge in [0, 0.05) is 25.7 Å². The summed E-state index contributed by atoms with van der Waals surface area (Å²) in [4.78, 5) is 28.4. The van der Waals surface area contributed by atoms with E-state index in [0.29, 0.717) is 5.69 Å². The maximum atomic E-state index is 12.2. The van der Waals surface area contributed by atoms with E-state index in [1.807, 2.05) is 30.3 Å². The topological polar surface area (TPSA) is 80.7 Å². The molecule has 0 aliphatic rings. The van der Waals surface area contributed by atoms with E-state index in [4.69, 9.17) is 0 Å². The monoisotopic (exact) mass is 318 g/mol. The molecule has 0 atom stereocenters. The number of hydrogen-bond donors (Lipinski definition) is 0. The Kier molecular flexibility index (Phi) is 3.84. The average molecular weight is 318 g/mol. The van der Waals surface area contributed by atoms with Crippen LogP contribution in [0.1, 0.15) is 11.3 Å². The Morgan fingerprint density at radius 3 is 2.67 bits per heavy atom. The first kappa shape index (κ1) is 15.4. The lowest BCUT2D eigenvalue weighted by atomic mass is 10.1. The van der Waals surface area contributed by atoms with Crippen LogP contribution in [0.3, 0.4) is 0 Å². The van der Waals surface area contributed by atoms with E-state index in [1.54, 1.807) is 13.1 Å². The predicted molar refractivity (Wildman–Crippen MR) is 92.2 cm³/mol. The molecule has 118 valence electrons. The summed E-state index contributed by atoms with van der Waals surface area (Å²) in [5.74, 6) is 0. The van der Waals surface area contributed by atoms with Gasteiger partial charge in [0.2, 0.25) is 0 Å². The number of rotatable bonds is 2. The number of aryl methyl sites for hydroxylation is 1. The number of allylic oxidation sites excluding steroid dienone is 1. The van der Waals surface area contributed by atoms with Crippen LogP contribution >= 0.6 is 0 Å². The van der Waals surface area contributed by atoms with Crippen LogP contribution in [0.15, 0.2) is 52.2 Å². The summed E-state index contributed by atoms with van der Waals surface area (Å²) in [6.07, 6.45) is 2.88. The number of benzene rings is 1. The Bertz CT molecular complexity index is 1130. The van der Waals surface area contributed by atoms with Crippen molar-refractivity contribution in [2.75, 3.05) is 0 Å². The molecule has 3 rings (SSSR count). The van der Waals surface area contributed by atoms with Crippen LogP contribution in [0, 0.1) is 11.3 Å². The van der Waals surface area contributed by atoms with Gasteiger partial charge in [-0.05, 0) is 18.2 Å². The van der Waals surface area contributed by atoms with Crippen molar-refractivity contribution in [2.24, 2.45) is 14.1 Å². The molecule has 1 aromatic carbocycles. The van der Waals surface area contributed by atoms with Gasteiger partial charge in [-0.15, -0.1) is 0 Å². The zero-order valence-corrected chi connectivity index (χ0v) is 13.2. The van der Waals surface area contributed by atoms with Crippen LogP contribution < -0.4 is 11.2 Å². The van der Waals surface area contributed by atoms with E-state index in [1.165, 1.54) is 23.9 Å². The van der Waals surface area contributed by atoms with E-state index < -0.39 is 11.2 Å². The lowest BCUT2D eigenvalue weighted by molar-refractivity contribution is 0.683. The molecule has 0 spiro atoms. The molecule has 0 N–H and O–H groups in total. The van der Waals surface area contributed by atoms with E-state index in [2.05, 4.69) is 11.1 Å². The molecule has 2 aromatic heterocycles. The van der Waals surface area contributed by atoms with Crippen LogP contribution in [0.5, 0.6) is 0 Å². The fraction of sp³-hybridized carbons (Fsp3) is 0.111. The second-order valence-corrected chi connectivity index (χ2v) is 5.40. The first-order chi connectivity index (χ1) is 11.5. The Morgan fingerprint density at radius 1 is 1.17 bits per heavy atom. The number of aromatic nitrogens is 3. The molecule has 24 heavy (non-hydrogen) atoms. The summed E-state index contributed by atoms with van der Waals surface area (Å²) in [7, 11) is 2.96. The minimum absolute atomic E-state index is 0.256. The molecule has 0 saturated heterocycles. The maximum Gasteiger partial charge on any atom is 0.330 e. The Hall–Kier alpha value is -3.46. The van der Waals surface area contributed by atoms with Gasteiger partial charge in [-0.1, -0.05) is 24.3 Å². The molecule has 0 bridgehead atoms. The van der Waals surface area contributed by atoms with Crippen molar-refractivity contribution in [1.82, 2.24) is 14.1 Å². The predicted octanol–water partition coefficient (Wildman–Crippen LogP) is 1.70. The first-order valence-electron chi connectivity index (χ1n) is 7.26. The third-order valence-corrected chi connectivity index (χ3v) is 3.77. The zero-order valence-electron chi connectivity index (χ0n) is 13.2. The highest BCUT2D eigenvalue weighted by atomic mass is 16.2. The van der Waals surface area contributed by atoms with E-state index in [0.717, 1.165) is 15.5 Å². The number of para-hydroxylation sites is 1. The first-order valence-corrected chi connectivity index (χ1v) is 7.26. The summed E-state index contributed by atoms with van der Waals surface area (Å²) in [5.41, 5.74) is 0.894. The molecular weight excluding hydrogens is 304 g/mol. The Labute approximate surface area is 137 Å². The quantitative estimate of drug-likeness (QED) is 0.674. The number of nitrogens with zero attached hydrogens (tertiary/aromatic N) is 4. The highest BCUT2D eigenvalue weighted by Gasteiger charge is 2.09. The lowest BCUT2D eigenvalue weighted by Crippen LogP contribution is -2.37. The number of fused-ring (bicyclic) bond motifs is 1. The molecule has 0 saturated carbocycles. The van der Waals surface area contributed by atoms with Crippen LogP contribution in [0.25, 0.3) is 22.6 Å². The standard InChI is InChI=1S/C18H14N4O2/c1-21-11-14(17(23)22(2)18(21)24)9-13(10-19)16-8-7-12-5-3-4-6-15(12)20-16/h3-9,11H,1-2H3. The molecule has 0 unspecified atom stereocenters. The number of hydrogen-bond acceptors (Lipinski definition) is 4. The molecular formula is C18H14N4O2. The molecule has 0 aliphatic heterocycles. The van der Waals surface area contributed by atoms with Crippen molar-refractivity contribution in [3.63, 3.8) is 0 Å². The minimum atomic E-state index is -0.452. The van der Waals surface area contributed by atoms with Gasteiger partial charge < -0.3 is 4.57 Å². The van der Waals surface area contributed by atoms with Gasteiger partial charge in [-0.2, -0.15) is 5.26 Å². The van der Waals surface area contributed by atoms with E-state index in [-0.39, 0.29) is 11.1 Å². The maximum absolute atomic E-state index is 12.2. The van der Waals surface area contributed by atoms with Gasteiger partial charge in [-0.25, -0.2) is 9.78 Å². The molecule has 3 aromatic rings. The lowest BCUT2D eigenvalue weighted by Gasteiger charge is -2.05. The van der Waals surface area contributed by atoms with Crippen molar-refractivity contribution in [2.45, 2.75) is 0 Å². The van der Waals surface area contributed by atoms with E-state index >= 15 is 0 Å². The summed E-state index contributed by atoms with van der Waals surface area (Å²) in [6, 6.07) is 13.3. The van der Waals surface area contributed by atoms with Gasteiger partial charge in [0.05, 0.1) is 22.3 Å². The molecule has 6 heteroatoms. The second-order valence-electron chi connectivity index (χ2n) is 5.40. The van der Waals surface area contributed by atoms with Crippen molar-refractivity contribution < 1.29 is 0 Å². The second kappa shape index (κ2) is 5.97. The molecule has 6 nitrogen and oxygen atoms in total. The summed E-state index contributed by atoms with van der Waals surface area (Å²) in [6.45, 7) is 0. The van der Waals surface area contributed by atoms with Gasteiger partial charge >= 0.3 is 5.69 Å². The van der Waals surface area contributed by atoms with Gasteiger partial charge in [0.25, 0.3) is 5.56 Å². The van der Waals surface area contributed by atoms with Crippen molar-refractivity contribution in [3.8, 4) is 6.07 Å². The normalized spacial score (nSPS) is 11.5. The molecule has 0 aliphatic carbocycles. The van der Waals surface area contributed by atoms with E-state index in [9.17, 15) is 14.9 Å². The molecule has 2 heterocycles. The van der Waals surface area contributed by atoms with Gasteiger partial charge in [0.15, 0.2) is 0 Å². The smallest absolute Gasteiger partial charge is 0.303 e.